The Labute approximate surface area is 124 Å². The number of likely N-dealkylation sites (tertiary alicyclic amines) is 1. The van der Waals surface area contributed by atoms with Gasteiger partial charge in [0, 0.05) is 24.7 Å². The third-order valence-electron chi connectivity index (χ3n) is 4.13. The van der Waals surface area contributed by atoms with Crippen molar-refractivity contribution in [3.8, 4) is 0 Å². The molecule has 1 saturated carbocycles. The first-order valence-corrected chi connectivity index (χ1v) is 7.65. The molecule has 1 N–H and O–H groups in total. The summed E-state index contributed by atoms with van der Waals surface area (Å²) in [6, 6.07) is 3.79. The fraction of sp³-hybridized carbons (Fsp3) is 0.643. The quantitative estimate of drug-likeness (QED) is 0.862. The van der Waals surface area contributed by atoms with Gasteiger partial charge >= 0.3 is 0 Å². The second-order valence-corrected chi connectivity index (χ2v) is 6.53. The minimum atomic E-state index is 0.451. The summed E-state index contributed by atoms with van der Waals surface area (Å²) >= 11 is 12.1. The van der Waals surface area contributed by atoms with E-state index < -0.39 is 0 Å². The summed E-state index contributed by atoms with van der Waals surface area (Å²) in [6.45, 7) is 5.43. The molecule has 1 saturated heterocycles. The van der Waals surface area contributed by atoms with Crippen molar-refractivity contribution in [3.05, 3.63) is 21.9 Å². The molecule has 5 heteroatoms. The molecule has 0 bridgehead atoms. The number of hydrogen-bond acceptors (Lipinski definition) is 3. The summed E-state index contributed by atoms with van der Waals surface area (Å²) in [5, 5.41) is 4.48. The van der Waals surface area contributed by atoms with Gasteiger partial charge in [-0.2, -0.15) is 0 Å². The first-order chi connectivity index (χ1) is 9.04. The fourth-order valence-corrected chi connectivity index (χ4v) is 3.63. The van der Waals surface area contributed by atoms with Gasteiger partial charge in [-0.15, -0.1) is 0 Å². The minimum absolute atomic E-state index is 0.451. The van der Waals surface area contributed by atoms with Gasteiger partial charge in [-0.3, -0.25) is 4.90 Å². The molecule has 1 aromatic rings. The highest BCUT2D eigenvalue weighted by Gasteiger charge is 2.38. The first-order valence-electron chi connectivity index (χ1n) is 6.89. The highest BCUT2D eigenvalue weighted by Crippen LogP contribution is 2.35. The molecule has 3 rings (SSSR count). The molecule has 2 aliphatic rings. The summed E-state index contributed by atoms with van der Waals surface area (Å²) in [5.74, 6) is 0. The monoisotopic (exact) mass is 299 g/mol. The molecule has 3 nitrogen and oxygen atoms in total. The Morgan fingerprint density at radius 1 is 1.37 bits per heavy atom. The molecule has 2 fully saturated rings. The van der Waals surface area contributed by atoms with Crippen LogP contribution >= 0.6 is 23.2 Å². The molecule has 0 amide bonds. The van der Waals surface area contributed by atoms with E-state index in [1.54, 1.807) is 0 Å². The average molecular weight is 300 g/mol. The Morgan fingerprint density at radius 2 is 2.11 bits per heavy atom. The minimum Gasteiger partial charge on any atom is -0.378 e. The zero-order valence-corrected chi connectivity index (χ0v) is 12.8. The molecule has 1 aliphatic carbocycles. The lowest BCUT2D eigenvalue weighted by Gasteiger charge is -2.20. The number of aromatic nitrogens is 1. The van der Waals surface area contributed by atoms with E-state index in [1.807, 2.05) is 13.0 Å². The third kappa shape index (κ3) is 2.83. The van der Waals surface area contributed by atoms with E-state index in [-0.39, 0.29) is 0 Å². The summed E-state index contributed by atoms with van der Waals surface area (Å²) < 4.78 is 0. The number of hydrogen-bond donors (Lipinski definition) is 1. The van der Waals surface area contributed by atoms with Crippen LogP contribution in [0.3, 0.4) is 0 Å². The predicted octanol–water partition coefficient (Wildman–Crippen LogP) is 3.73. The van der Waals surface area contributed by atoms with Gasteiger partial charge < -0.3 is 5.32 Å². The van der Waals surface area contributed by atoms with Gasteiger partial charge in [0.2, 0.25) is 0 Å². The zero-order chi connectivity index (χ0) is 13.6. The van der Waals surface area contributed by atoms with Gasteiger partial charge in [-0.1, -0.05) is 23.2 Å². The Hall–Kier alpha value is -0.510. The number of nitrogens with one attached hydrogen (secondary N) is 1. The van der Waals surface area contributed by atoms with Crippen LogP contribution in [0.5, 0.6) is 0 Å². The maximum atomic E-state index is 6.19. The standard InChI is InChI=1S/C14H19Cl2N3/c1-8-5-12(15)18-14(16)13(8)17-10-6-9(2)19(7-10)11-3-4-11/h5,9-11,17H,3-4,6-7H2,1-2H3. The van der Waals surface area contributed by atoms with Crippen molar-refractivity contribution in [1.82, 2.24) is 9.88 Å². The Kier molecular flexibility index (Phi) is 3.63. The smallest absolute Gasteiger partial charge is 0.154 e. The summed E-state index contributed by atoms with van der Waals surface area (Å²) in [7, 11) is 0. The lowest BCUT2D eigenvalue weighted by molar-refractivity contribution is 0.257. The predicted molar refractivity (Wildman–Crippen MR) is 80.2 cm³/mol. The van der Waals surface area contributed by atoms with Crippen LogP contribution in [-0.4, -0.2) is 34.6 Å². The van der Waals surface area contributed by atoms with E-state index in [4.69, 9.17) is 23.2 Å². The van der Waals surface area contributed by atoms with Crippen molar-refractivity contribution in [2.45, 2.75) is 51.2 Å². The molecular weight excluding hydrogens is 281 g/mol. The topological polar surface area (TPSA) is 28.2 Å². The maximum absolute atomic E-state index is 6.19. The molecule has 19 heavy (non-hydrogen) atoms. The van der Waals surface area contributed by atoms with Crippen molar-refractivity contribution in [2.24, 2.45) is 0 Å². The molecular formula is C14H19Cl2N3. The van der Waals surface area contributed by atoms with Crippen LogP contribution in [-0.2, 0) is 0 Å². The van der Waals surface area contributed by atoms with Crippen LogP contribution in [0.4, 0.5) is 5.69 Å². The van der Waals surface area contributed by atoms with Crippen molar-refractivity contribution in [3.63, 3.8) is 0 Å². The number of halogens is 2. The molecule has 0 radical (unpaired) electrons. The Bertz CT molecular complexity index is 465. The normalized spacial score (nSPS) is 27.8. The van der Waals surface area contributed by atoms with Gasteiger partial charge in [0.15, 0.2) is 5.15 Å². The Morgan fingerprint density at radius 3 is 2.74 bits per heavy atom. The van der Waals surface area contributed by atoms with Gasteiger partial charge in [0.1, 0.15) is 5.15 Å². The number of nitrogens with zero attached hydrogens (tertiary/aromatic N) is 2. The van der Waals surface area contributed by atoms with E-state index in [2.05, 4.69) is 22.1 Å². The van der Waals surface area contributed by atoms with Gasteiger partial charge in [-0.25, -0.2) is 4.98 Å². The molecule has 2 heterocycles. The van der Waals surface area contributed by atoms with E-state index in [0.717, 1.165) is 30.3 Å². The van der Waals surface area contributed by atoms with Crippen LogP contribution in [0.2, 0.25) is 10.3 Å². The number of anilines is 1. The lowest BCUT2D eigenvalue weighted by atomic mass is 10.1. The van der Waals surface area contributed by atoms with Gasteiger partial charge in [0.05, 0.1) is 5.69 Å². The molecule has 2 unspecified atom stereocenters. The zero-order valence-electron chi connectivity index (χ0n) is 11.3. The molecule has 1 aliphatic heterocycles. The maximum Gasteiger partial charge on any atom is 0.154 e. The third-order valence-corrected chi connectivity index (χ3v) is 4.60. The van der Waals surface area contributed by atoms with Crippen LogP contribution in [0.1, 0.15) is 31.7 Å². The van der Waals surface area contributed by atoms with Crippen LogP contribution in [0.15, 0.2) is 6.07 Å². The second-order valence-electron chi connectivity index (χ2n) is 5.78. The number of rotatable bonds is 3. The Balaban J connectivity index is 1.72. The van der Waals surface area contributed by atoms with Crippen molar-refractivity contribution >= 4 is 28.9 Å². The van der Waals surface area contributed by atoms with E-state index in [1.165, 1.54) is 12.8 Å². The summed E-state index contributed by atoms with van der Waals surface area (Å²) in [4.78, 5) is 6.73. The van der Waals surface area contributed by atoms with Crippen LogP contribution in [0, 0.1) is 6.92 Å². The van der Waals surface area contributed by atoms with Crippen molar-refractivity contribution in [2.75, 3.05) is 11.9 Å². The fourth-order valence-electron chi connectivity index (χ4n) is 3.05. The van der Waals surface area contributed by atoms with E-state index in [9.17, 15) is 0 Å². The average Bonchev–Trinajstić information content (AvgIpc) is 3.09. The first kappa shape index (κ1) is 13.5. The molecule has 2 atom stereocenters. The van der Waals surface area contributed by atoms with Crippen molar-refractivity contribution in [1.29, 1.82) is 0 Å². The van der Waals surface area contributed by atoms with Gasteiger partial charge in [-0.05, 0) is 44.7 Å². The van der Waals surface area contributed by atoms with Gasteiger partial charge in [0.25, 0.3) is 0 Å². The highest BCUT2D eigenvalue weighted by atomic mass is 35.5. The van der Waals surface area contributed by atoms with Crippen LogP contribution in [0.25, 0.3) is 0 Å². The molecule has 104 valence electrons. The SMILES string of the molecule is Cc1cc(Cl)nc(Cl)c1NC1CC(C)N(C2CC2)C1. The highest BCUT2D eigenvalue weighted by molar-refractivity contribution is 6.34. The lowest BCUT2D eigenvalue weighted by Crippen LogP contribution is -2.31. The summed E-state index contributed by atoms with van der Waals surface area (Å²) in [5.41, 5.74) is 1.99. The van der Waals surface area contributed by atoms with Crippen molar-refractivity contribution < 1.29 is 0 Å². The molecule has 1 aromatic heterocycles. The van der Waals surface area contributed by atoms with E-state index in [0.29, 0.717) is 22.4 Å². The molecule has 0 spiro atoms. The van der Waals surface area contributed by atoms with E-state index >= 15 is 0 Å². The summed E-state index contributed by atoms with van der Waals surface area (Å²) in [6.07, 6.45) is 3.88. The van der Waals surface area contributed by atoms with Crippen LogP contribution < -0.4 is 5.32 Å². The largest absolute Gasteiger partial charge is 0.378 e. The number of aryl methyl sites for hydroxylation is 1. The molecule has 0 aromatic carbocycles. The number of pyridine rings is 1. The second kappa shape index (κ2) is 5.12.